The molecule has 160 valence electrons. The number of fused-ring (bicyclic) bond motifs is 1. The molecule has 0 unspecified atom stereocenters. The number of halogens is 1. The molecule has 1 saturated heterocycles. The highest BCUT2D eigenvalue weighted by Crippen LogP contribution is 2.39. The van der Waals surface area contributed by atoms with Crippen LogP contribution >= 0.6 is 11.6 Å². The van der Waals surface area contributed by atoms with Crippen molar-refractivity contribution in [2.45, 2.75) is 84.1 Å². The fourth-order valence-corrected chi connectivity index (χ4v) is 5.09. The third-order valence-electron chi connectivity index (χ3n) is 6.94. The number of hydrogen-bond acceptors (Lipinski definition) is 5. The molecule has 2 aromatic rings. The van der Waals surface area contributed by atoms with E-state index in [0.717, 1.165) is 61.0 Å². The number of rotatable bonds is 6. The van der Waals surface area contributed by atoms with Crippen molar-refractivity contribution in [2.75, 3.05) is 18.1 Å². The van der Waals surface area contributed by atoms with Gasteiger partial charge in [0, 0.05) is 13.1 Å². The van der Waals surface area contributed by atoms with Crippen molar-refractivity contribution in [3.05, 3.63) is 11.0 Å². The predicted octanol–water partition coefficient (Wildman–Crippen LogP) is 5.19. The van der Waals surface area contributed by atoms with Gasteiger partial charge in [0.1, 0.15) is 5.82 Å². The molecule has 0 spiro atoms. The molecule has 0 N–H and O–H groups in total. The molecule has 2 aromatic heterocycles. The highest BCUT2D eigenvalue weighted by atomic mass is 35.5. The summed E-state index contributed by atoms with van der Waals surface area (Å²) in [6.45, 7) is 16.2. The zero-order valence-electron chi connectivity index (χ0n) is 18.6. The van der Waals surface area contributed by atoms with Crippen LogP contribution in [0.4, 0.5) is 5.82 Å². The molecule has 1 atom stereocenters. The van der Waals surface area contributed by atoms with Gasteiger partial charge in [0.05, 0.1) is 23.7 Å². The minimum atomic E-state index is -1.79. The molecule has 29 heavy (non-hydrogen) atoms. The molecule has 3 heterocycles. The first kappa shape index (κ1) is 21.1. The van der Waals surface area contributed by atoms with Gasteiger partial charge in [-0.05, 0) is 68.3 Å². The smallest absolute Gasteiger partial charge is 0.226 e. The lowest BCUT2D eigenvalue weighted by Gasteiger charge is -2.38. The van der Waals surface area contributed by atoms with E-state index in [2.05, 4.69) is 55.7 Å². The first-order valence-corrected chi connectivity index (χ1v) is 14.2. The van der Waals surface area contributed by atoms with Crippen LogP contribution in [0.15, 0.2) is 0 Å². The van der Waals surface area contributed by atoms with Crippen LogP contribution in [-0.2, 0) is 11.0 Å². The first-order valence-electron chi connectivity index (χ1n) is 10.9. The third kappa shape index (κ3) is 4.19. The molecular formula is C21H34ClN5OSi. The standard InChI is InChI=1S/C21H34ClN5OSi/c1-14-17-18(23-20(22)24-19(17)27(25-14)12-15-9-10-15)26-11-7-8-16(26)13-28-29(5,6)21(2,3)4/h15-16H,7-13H2,1-6H3/t16-/m0/s1. The molecule has 4 rings (SSSR count). The summed E-state index contributed by atoms with van der Waals surface area (Å²) in [6, 6.07) is 0.324. The van der Waals surface area contributed by atoms with Gasteiger partial charge >= 0.3 is 0 Å². The third-order valence-corrected chi connectivity index (χ3v) is 11.6. The van der Waals surface area contributed by atoms with E-state index in [1.165, 1.54) is 12.8 Å². The van der Waals surface area contributed by atoms with Crippen molar-refractivity contribution >= 4 is 36.8 Å². The van der Waals surface area contributed by atoms with E-state index in [0.29, 0.717) is 11.3 Å². The Bertz CT molecular complexity index is 903. The van der Waals surface area contributed by atoms with Crippen LogP contribution in [0.3, 0.4) is 0 Å². The molecule has 8 heteroatoms. The fraction of sp³-hybridized carbons (Fsp3) is 0.762. The van der Waals surface area contributed by atoms with Gasteiger partial charge in [-0.3, -0.25) is 0 Å². The van der Waals surface area contributed by atoms with Gasteiger partial charge in [0.2, 0.25) is 5.28 Å². The summed E-state index contributed by atoms with van der Waals surface area (Å²) < 4.78 is 8.61. The van der Waals surface area contributed by atoms with Crippen LogP contribution in [0.25, 0.3) is 11.0 Å². The Morgan fingerprint density at radius 2 is 1.90 bits per heavy atom. The Morgan fingerprint density at radius 3 is 2.55 bits per heavy atom. The lowest BCUT2D eigenvalue weighted by Crippen LogP contribution is -2.45. The van der Waals surface area contributed by atoms with Crippen LogP contribution < -0.4 is 4.90 Å². The monoisotopic (exact) mass is 435 g/mol. The molecule has 0 amide bonds. The zero-order chi connectivity index (χ0) is 21.0. The van der Waals surface area contributed by atoms with E-state index in [-0.39, 0.29) is 5.04 Å². The Kier molecular flexibility index (Phi) is 5.45. The summed E-state index contributed by atoms with van der Waals surface area (Å²) in [5.74, 6) is 1.66. The Balaban J connectivity index is 1.63. The molecule has 1 saturated carbocycles. The van der Waals surface area contributed by atoms with Gasteiger partial charge < -0.3 is 9.33 Å². The van der Waals surface area contributed by atoms with Crippen molar-refractivity contribution < 1.29 is 4.43 Å². The summed E-state index contributed by atoms with van der Waals surface area (Å²) in [5.41, 5.74) is 1.86. The second-order valence-electron chi connectivity index (χ2n) is 10.3. The fourth-order valence-electron chi connectivity index (χ4n) is 3.89. The van der Waals surface area contributed by atoms with Gasteiger partial charge in [0.25, 0.3) is 0 Å². The molecule has 1 aliphatic heterocycles. The number of nitrogens with zero attached hydrogens (tertiary/aromatic N) is 5. The van der Waals surface area contributed by atoms with Crippen LogP contribution in [0.1, 0.15) is 52.1 Å². The molecular weight excluding hydrogens is 402 g/mol. The Hall–Kier alpha value is -1.18. The molecule has 0 bridgehead atoms. The number of anilines is 1. The van der Waals surface area contributed by atoms with Crippen LogP contribution in [-0.4, -0.2) is 47.3 Å². The van der Waals surface area contributed by atoms with Gasteiger partial charge in [-0.1, -0.05) is 20.8 Å². The summed E-state index contributed by atoms with van der Waals surface area (Å²) in [4.78, 5) is 11.6. The Morgan fingerprint density at radius 1 is 1.17 bits per heavy atom. The zero-order valence-corrected chi connectivity index (χ0v) is 20.4. The van der Waals surface area contributed by atoms with E-state index < -0.39 is 8.32 Å². The van der Waals surface area contributed by atoms with Gasteiger partial charge in [0.15, 0.2) is 14.0 Å². The van der Waals surface area contributed by atoms with E-state index >= 15 is 0 Å². The van der Waals surface area contributed by atoms with Crippen molar-refractivity contribution in [1.82, 2.24) is 19.7 Å². The normalized spacial score (nSPS) is 20.8. The highest BCUT2D eigenvalue weighted by molar-refractivity contribution is 6.74. The van der Waals surface area contributed by atoms with E-state index in [1.807, 2.05) is 4.68 Å². The Labute approximate surface area is 180 Å². The second kappa shape index (κ2) is 7.50. The lowest BCUT2D eigenvalue weighted by molar-refractivity contribution is 0.263. The van der Waals surface area contributed by atoms with Gasteiger partial charge in [-0.2, -0.15) is 15.1 Å². The van der Waals surface area contributed by atoms with E-state index in [1.54, 1.807) is 0 Å². The van der Waals surface area contributed by atoms with Crippen molar-refractivity contribution in [2.24, 2.45) is 5.92 Å². The molecule has 2 fully saturated rings. The molecule has 2 aliphatic rings. The van der Waals surface area contributed by atoms with Crippen LogP contribution in [0, 0.1) is 12.8 Å². The number of aryl methyl sites for hydroxylation is 1. The second-order valence-corrected chi connectivity index (χ2v) is 15.4. The lowest BCUT2D eigenvalue weighted by atomic mass is 10.2. The first-order chi connectivity index (χ1) is 13.6. The summed E-state index contributed by atoms with van der Waals surface area (Å²) >= 11 is 6.38. The number of hydrogen-bond donors (Lipinski definition) is 0. The molecule has 0 radical (unpaired) electrons. The average molecular weight is 436 g/mol. The van der Waals surface area contributed by atoms with Crippen molar-refractivity contribution in [3.8, 4) is 0 Å². The number of aromatic nitrogens is 4. The highest BCUT2D eigenvalue weighted by Gasteiger charge is 2.39. The van der Waals surface area contributed by atoms with Gasteiger partial charge in [-0.15, -0.1) is 0 Å². The average Bonchev–Trinajstić information content (AvgIpc) is 3.21. The predicted molar refractivity (Wildman–Crippen MR) is 121 cm³/mol. The van der Waals surface area contributed by atoms with Crippen LogP contribution in [0.5, 0.6) is 0 Å². The minimum Gasteiger partial charge on any atom is -0.415 e. The van der Waals surface area contributed by atoms with E-state index in [4.69, 9.17) is 21.1 Å². The minimum absolute atomic E-state index is 0.211. The van der Waals surface area contributed by atoms with Gasteiger partial charge in [-0.25, -0.2) is 4.68 Å². The van der Waals surface area contributed by atoms with E-state index in [9.17, 15) is 0 Å². The van der Waals surface area contributed by atoms with Crippen molar-refractivity contribution in [1.29, 1.82) is 0 Å². The summed E-state index contributed by atoms with van der Waals surface area (Å²) in [6.07, 6.45) is 4.83. The molecule has 0 aromatic carbocycles. The SMILES string of the molecule is Cc1nn(CC2CC2)c2nc(Cl)nc(N3CCC[C@H]3CO[Si](C)(C)C(C)(C)C)c12. The summed E-state index contributed by atoms with van der Waals surface area (Å²) in [7, 11) is -1.79. The topological polar surface area (TPSA) is 56.1 Å². The van der Waals surface area contributed by atoms with Crippen molar-refractivity contribution in [3.63, 3.8) is 0 Å². The summed E-state index contributed by atoms with van der Waals surface area (Å²) in [5, 5.41) is 6.36. The maximum absolute atomic E-state index is 6.57. The quantitative estimate of drug-likeness (QED) is 0.461. The molecule has 6 nitrogen and oxygen atoms in total. The largest absolute Gasteiger partial charge is 0.415 e. The maximum Gasteiger partial charge on any atom is 0.226 e. The van der Waals surface area contributed by atoms with Crippen LogP contribution in [0.2, 0.25) is 23.4 Å². The molecule has 1 aliphatic carbocycles. The maximum atomic E-state index is 6.57.